The molecular formula is C12H13NO3S2. The molecule has 6 heteroatoms. The Morgan fingerprint density at radius 3 is 2.72 bits per heavy atom. The highest BCUT2D eigenvalue weighted by atomic mass is 32.2. The molecule has 1 heterocycles. The molecule has 0 radical (unpaired) electrons. The van der Waals surface area contributed by atoms with Gasteiger partial charge in [-0.05, 0) is 18.1 Å². The van der Waals surface area contributed by atoms with Crippen LogP contribution in [0.25, 0.3) is 0 Å². The first-order chi connectivity index (χ1) is 8.50. The molecule has 1 saturated heterocycles. The lowest BCUT2D eigenvalue weighted by Crippen LogP contribution is -2.33. The molecule has 18 heavy (non-hydrogen) atoms. The number of carboxylic acid groups (broad SMARTS) is 1. The smallest absolute Gasteiger partial charge is 0.335 e. The maximum atomic E-state index is 11.1. The Hall–Kier alpha value is -1.11. The van der Waals surface area contributed by atoms with Crippen molar-refractivity contribution in [1.29, 1.82) is 0 Å². The number of aliphatic hydroxyl groups is 1. The third-order valence-electron chi connectivity index (χ3n) is 2.94. The number of hydrogen-bond donors (Lipinski definition) is 2. The topological polar surface area (TPSA) is 60.8 Å². The lowest BCUT2D eigenvalue weighted by Gasteiger charge is -2.19. The lowest BCUT2D eigenvalue weighted by atomic mass is 10.0. The summed E-state index contributed by atoms with van der Waals surface area (Å²) in [4.78, 5) is 12.7. The third kappa shape index (κ3) is 2.50. The SMILES string of the molecule is CN1C(=S)S[C@H](Cc2ccccc2C(=O)O)[C@@H]1O. The van der Waals surface area contributed by atoms with E-state index in [2.05, 4.69) is 0 Å². The van der Waals surface area contributed by atoms with Crippen LogP contribution in [0.4, 0.5) is 0 Å². The van der Waals surface area contributed by atoms with Crippen LogP contribution in [0.15, 0.2) is 24.3 Å². The van der Waals surface area contributed by atoms with Crippen LogP contribution in [0.1, 0.15) is 15.9 Å². The van der Waals surface area contributed by atoms with Crippen LogP contribution in [0.2, 0.25) is 0 Å². The molecule has 1 fully saturated rings. The molecule has 1 aliphatic heterocycles. The molecule has 1 aliphatic rings. The summed E-state index contributed by atoms with van der Waals surface area (Å²) in [6, 6.07) is 6.85. The molecular weight excluding hydrogens is 270 g/mol. The van der Waals surface area contributed by atoms with Crippen molar-refractivity contribution >= 4 is 34.3 Å². The van der Waals surface area contributed by atoms with E-state index >= 15 is 0 Å². The number of benzene rings is 1. The Bertz CT molecular complexity index is 492. The number of thiocarbonyl (C=S) groups is 1. The van der Waals surface area contributed by atoms with E-state index in [1.54, 1.807) is 36.2 Å². The number of thioether (sulfide) groups is 1. The van der Waals surface area contributed by atoms with Crippen molar-refractivity contribution in [3.63, 3.8) is 0 Å². The number of nitrogens with zero attached hydrogens (tertiary/aromatic N) is 1. The van der Waals surface area contributed by atoms with Gasteiger partial charge in [-0.2, -0.15) is 0 Å². The summed E-state index contributed by atoms with van der Waals surface area (Å²) in [5.41, 5.74) is 1.01. The van der Waals surface area contributed by atoms with Crippen molar-refractivity contribution in [2.75, 3.05) is 7.05 Å². The molecule has 1 aromatic rings. The van der Waals surface area contributed by atoms with Crippen molar-refractivity contribution in [1.82, 2.24) is 4.90 Å². The van der Waals surface area contributed by atoms with Gasteiger partial charge >= 0.3 is 5.97 Å². The highest BCUT2D eigenvalue weighted by Gasteiger charge is 2.35. The van der Waals surface area contributed by atoms with Crippen molar-refractivity contribution < 1.29 is 15.0 Å². The molecule has 0 amide bonds. The quantitative estimate of drug-likeness (QED) is 0.821. The molecule has 0 bridgehead atoms. The summed E-state index contributed by atoms with van der Waals surface area (Å²) < 4.78 is 0.639. The van der Waals surface area contributed by atoms with Crippen LogP contribution in [0.5, 0.6) is 0 Å². The monoisotopic (exact) mass is 283 g/mol. The standard InChI is InChI=1S/C12H13NO3S2/c1-13-10(14)9(18-12(13)17)6-7-4-2-3-5-8(7)11(15)16/h2-5,9-10,14H,6H2,1H3,(H,15,16)/t9-,10+/m1/s1. The minimum atomic E-state index is -0.945. The highest BCUT2D eigenvalue weighted by molar-refractivity contribution is 8.23. The molecule has 1 aromatic carbocycles. The van der Waals surface area contributed by atoms with Gasteiger partial charge in [-0.25, -0.2) is 4.79 Å². The number of hydrogen-bond acceptors (Lipinski definition) is 4. The molecule has 0 unspecified atom stereocenters. The number of aromatic carboxylic acids is 1. The van der Waals surface area contributed by atoms with Gasteiger partial charge in [-0.1, -0.05) is 42.2 Å². The predicted octanol–water partition coefficient (Wildman–Crippen LogP) is 1.58. The van der Waals surface area contributed by atoms with E-state index < -0.39 is 12.2 Å². The molecule has 96 valence electrons. The molecule has 0 aromatic heterocycles. The summed E-state index contributed by atoms with van der Waals surface area (Å²) in [5, 5.41) is 19.0. The zero-order valence-electron chi connectivity index (χ0n) is 9.74. The van der Waals surface area contributed by atoms with Crippen LogP contribution >= 0.6 is 24.0 Å². The van der Waals surface area contributed by atoms with E-state index in [0.717, 1.165) is 5.56 Å². The van der Waals surface area contributed by atoms with Gasteiger partial charge in [0.2, 0.25) is 0 Å². The molecule has 2 atom stereocenters. The largest absolute Gasteiger partial charge is 0.478 e. The molecule has 2 rings (SSSR count). The van der Waals surface area contributed by atoms with E-state index in [9.17, 15) is 9.90 Å². The minimum Gasteiger partial charge on any atom is -0.478 e. The molecule has 2 N–H and O–H groups in total. The van der Waals surface area contributed by atoms with Gasteiger partial charge in [-0.15, -0.1) is 0 Å². The number of aliphatic hydroxyl groups excluding tert-OH is 1. The van der Waals surface area contributed by atoms with Crippen LogP contribution in [-0.4, -0.2) is 43.9 Å². The zero-order valence-corrected chi connectivity index (χ0v) is 11.4. The van der Waals surface area contributed by atoms with Crippen molar-refractivity contribution in [3.05, 3.63) is 35.4 Å². The van der Waals surface area contributed by atoms with Crippen LogP contribution in [0.3, 0.4) is 0 Å². The van der Waals surface area contributed by atoms with E-state index in [-0.39, 0.29) is 10.8 Å². The second-order valence-electron chi connectivity index (χ2n) is 4.11. The second-order valence-corrected chi connectivity index (χ2v) is 5.99. The normalized spacial score (nSPS) is 23.4. The van der Waals surface area contributed by atoms with Gasteiger partial charge in [0.1, 0.15) is 10.5 Å². The maximum Gasteiger partial charge on any atom is 0.335 e. The van der Waals surface area contributed by atoms with Crippen molar-refractivity contribution in [2.24, 2.45) is 0 Å². The Morgan fingerprint density at radius 1 is 1.50 bits per heavy atom. The average molecular weight is 283 g/mol. The van der Waals surface area contributed by atoms with Crippen LogP contribution < -0.4 is 0 Å². The van der Waals surface area contributed by atoms with Gasteiger partial charge in [0.15, 0.2) is 0 Å². The number of carbonyl (C=O) groups is 1. The Labute approximate surface area is 115 Å². The predicted molar refractivity (Wildman–Crippen MR) is 74.9 cm³/mol. The first kappa shape index (κ1) is 13.3. The molecule has 0 aliphatic carbocycles. The number of carboxylic acids is 1. The molecule has 0 saturated carbocycles. The summed E-state index contributed by atoms with van der Waals surface area (Å²) in [7, 11) is 1.74. The fraction of sp³-hybridized carbons (Fsp3) is 0.333. The summed E-state index contributed by atoms with van der Waals surface area (Å²) >= 11 is 6.52. The highest BCUT2D eigenvalue weighted by Crippen LogP contribution is 2.32. The zero-order chi connectivity index (χ0) is 13.3. The lowest BCUT2D eigenvalue weighted by molar-refractivity contribution is 0.0688. The van der Waals surface area contributed by atoms with Crippen molar-refractivity contribution in [2.45, 2.75) is 17.9 Å². The number of rotatable bonds is 3. The van der Waals surface area contributed by atoms with Gasteiger partial charge in [0.25, 0.3) is 0 Å². The Balaban J connectivity index is 2.20. The van der Waals surface area contributed by atoms with Gasteiger partial charge in [0.05, 0.1) is 10.8 Å². The fourth-order valence-corrected chi connectivity index (χ4v) is 3.48. The fourth-order valence-electron chi connectivity index (χ4n) is 1.90. The second kappa shape index (κ2) is 5.26. The van der Waals surface area contributed by atoms with E-state index in [4.69, 9.17) is 17.3 Å². The minimum absolute atomic E-state index is 0.122. The van der Waals surface area contributed by atoms with Crippen LogP contribution in [-0.2, 0) is 6.42 Å². The van der Waals surface area contributed by atoms with Crippen molar-refractivity contribution in [3.8, 4) is 0 Å². The van der Waals surface area contributed by atoms with Gasteiger partial charge in [-0.3, -0.25) is 0 Å². The Kier molecular flexibility index (Phi) is 3.89. The molecule has 0 spiro atoms. The first-order valence-electron chi connectivity index (χ1n) is 5.43. The maximum absolute atomic E-state index is 11.1. The summed E-state index contributed by atoms with van der Waals surface area (Å²) in [6.07, 6.45) is -0.178. The summed E-state index contributed by atoms with van der Waals surface area (Å²) in [5.74, 6) is -0.945. The third-order valence-corrected chi connectivity index (χ3v) is 4.72. The summed E-state index contributed by atoms with van der Waals surface area (Å²) in [6.45, 7) is 0. The van der Waals surface area contributed by atoms with Crippen LogP contribution in [0, 0.1) is 0 Å². The van der Waals surface area contributed by atoms with E-state index in [1.807, 2.05) is 0 Å². The van der Waals surface area contributed by atoms with E-state index in [1.165, 1.54) is 11.8 Å². The molecule has 4 nitrogen and oxygen atoms in total. The van der Waals surface area contributed by atoms with Gasteiger partial charge in [0, 0.05) is 7.05 Å². The average Bonchev–Trinajstić information content (AvgIpc) is 2.57. The Morgan fingerprint density at radius 2 is 2.17 bits per heavy atom. The van der Waals surface area contributed by atoms with Gasteiger partial charge < -0.3 is 15.1 Å². The first-order valence-corrected chi connectivity index (χ1v) is 6.72. The van der Waals surface area contributed by atoms with E-state index in [0.29, 0.717) is 10.7 Å².